The van der Waals surface area contributed by atoms with Crippen LogP contribution in [0.5, 0.6) is 11.5 Å². The number of rotatable bonds is 9. The molecule has 0 saturated carbocycles. The summed E-state index contributed by atoms with van der Waals surface area (Å²) in [5.74, 6) is -0.653. The van der Waals surface area contributed by atoms with Crippen molar-refractivity contribution in [1.82, 2.24) is 5.32 Å². The summed E-state index contributed by atoms with van der Waals surface area (Å²) in [6.07, 6.45) is 4.13. The van der Waals surface area contributed by atoms with E-state index in [1.165, 1.54) is 38.5 Å². The fourth-order valence-electron chi connectivity index (χ4n) is 3.98. The third kappa shape index (κ3) is 6.94. The lowest BCUT2D eigenvalue weighted by atomic mass is 9.85. The molecule has 0 fully saturated rings. The van der Waals surface area contributed by atoms with E-state index in [-0.39, 0.29) is 46.8 Å². The van der Waals surface area contributed by atoms with E-state index in [4.69, 9.17) is 14.2 Å². The smallest absolute Gasteiger partial charge is 0.446 e. The van der Waals surface area contributed by atoms with Crippen molar-refractivity contribution in [2.45, 2.75) is 35.7 Å². The summed E-state index contributed by atoms with van der Waals surface area (Å²) in [6.45, 7) is 1.96. The van der Waals surface area contributed by atoms with Gasteiger partial charge in [0.05, 0.1) is 26.7 Å². The molecule has 0 bridgehead atoms. The van der Waals surface area contributed by atoms with Gasteiger partial charge in [0.2, 0.25) is 0 Å². The summed E-state index contributed by atoms with van der Waals surface area (Å²) in [7, 11) is 3.03. The second-order valence-corrected chi connectivity index (χ2v) is 8.92. The normalized spacial score (nSPS) is 18.1. The summed E-state index contributed by atoms with van der Waals surface area (Å²) >= 11 is -0.237. The topological polar surface area (TPSA) is 73.9 Å². The number of esters is 1. The maximum absolute atomic E-state index is 12.9. The van der Waals surface area contributed by atoms with E-state index in [0.717, 1.165) is 0 Å². The molecule has 188 valence electrons. The van der Waals surface area contributed by atoms with Gasteiger partial charge < -0.3 is 19.5 Å². The first-order chi connectivity index (χ1) is 16.6. The van der Waals surface area contributed by atoms with Gasteiger partial charge in [-0.25, -0.2) is 0 Å². The molecule has 0 saturated heterocycles. The average Bonchev–Trinajstić information content (AvgIpc) is 3.26. The van der Waals surface area contributed by atoms with E-state index in [1.54, 1.807) is 25.1 Å². The average molecular weight is 510 g/mol. The number of carbonyl (C=O) groups is 2. The van der Waals surface area contributed by atoms with E-state index in [0.29, 0.717) is 23.5 Å². The summed E-state index contributed by atoms with van der Waals surface area (Å²) in [4.78, 5) is 25.5. The number of ether oxygens (including phenoxy) is 3. The fraction of sp³-hybridized carbons (Fsp3) is 0.360. The van der Waals surface area contributed by atoms with Crippen molar-refractivity contribution in [2.24, 2.45) is 5.92 Å². The zero-order chi connectivity index (χ0) is 25.6. The van der Waals surface area contributed by atoms with Crippen molar-refractivity contribution in [3.63, 3.8) is 0 Å². The van der Waals surface area contributed by atoms with Crippen LogP contribution in [0.1, 0.15) is 35.2 Å². The summed E-state index contributed by atoms with van der Waals surface area (Å²) < 4.78 is 53.5. The molecule has 0 heterocycles. The molecule has 0 aromatic heterocycles. The lowest BCUT2D eigenvalue weighted by Crippen LogP contribution is -2.33. The number of thioether (sulfide) groups is 1. The molecule has 1 N–H and O–H groups in total. The predicted molar refractivity (Wildman–Crippen MR) is 126 cm³/mol. The van der Waals surface area contributed by atoms with Crippen LogP contribution in [0, 0.1) is 5.92 Å². The molecular weight excluding hydrogens is 483 g/mol. The fourth-order valence-corrected chi connectivity index (χ4v) is 4.52. The molecule has 3 atom stereocenters. The van der Waals surface area contributed by atoms with Gasteiger partial charge in [0.1, 0.15) is 0 Å². The Morgan fingerprint density at radius 2 is 1.74 bits per heavy atom. The maximum Gasteiger partial charge on any atom is 0.446 e. The molecular formula is C25H26F3NO5S. The summed E-state index contributed by atoms with van der Waals surface area (Å²) in [6, 6.07) is 10.1. The van der Waals surface area contributed by atoms with E-state index >= 15 is 0 Å². The largest absolute Gasteiger partial charge is 0.493 e. The second kappa shape index (κ2) is 11.5. The standard InChI is InChI=1S/C25H26F3NO5S/c1-4-34-24(31)22(17-8-12-20(32-2)21(14-17)33-3)16-5-9-18(13-16)29-23(30)15-6-10-19(11-7-15)35-25(26,27)28/h5-12,14,16,18,22H,4,13H2,1-3H3,(H,29,30). The Kier molecular flexibility index (Phi) is 8.71. The van der Waals surface area contributed by atoms with Crippen molar-refractivity contribution < 1.29 is 37.0 Å². The van der Waals surface area contributed by atoms with E-state index in [1.807, 2.05) is 12.2 Å². The van der Waals surface area contributed by atoms with Crippen LogP contribution in [-0.4, -0.2) is 44.3 Å². The van der Waals surface area contributed by atoms with E-state index in [9.17, 15) is 22.8 Å². The zero-order valence-electron chi connectivity index (χ0n) is 19.4. The molecule has 0 aliphatic heterocycles. The summed E-state index contributed by atoms with van der Waals surface area (Å²) in [5.41, 5.74) is -3.45. The van der Waals surface area contributed by atoms with Gasteiger partial charge in [-0.2, -0.15) is 13.2 Å². The Bertz CT molecular complexity index is 1070. The molecule has 2 aromatic rings. The molecule has 35 heavy (non-hydrogen) atoms. The molecule has 1 aliphatic rings. The quantitative estimate of drug-likeness (QED) is 0.280. The molecule has 1 amide bonds. The van der Waals surface area contributed by atoms with Crippen LogP contribution in [0.4, 0.5) is 13.2 Å². The van der Waals surface area contributed by atoms with Gasteiger partial charge in [0, 0.05) is 16.5 Å². The number of hydrogen-bond acceptors (Lipinski definition) is 6. The third-order valence-corrected chi connectivity index (χ3v) is 6.26. The molecule has 2 aromatic carbocycles. The SMILES string of the molecule is CCOC(=O)C(c1ccc(OC)c(OC)c1)C1C=CC(NC(=O)c2ccc(SC(F)(F)F)cc2)C1. The highest BCUT2D eigenvalue weighted by atomic mass is 32.2. The number of benzene rings is 2. The van der Waals surface area contributed by atoms with Crippen LogP contribution in [0.3, 0.4) is 0 Å². The highest BCUT2D eigenvalue weighted by molar-refractivity contribution is 8.00. The number of nitrogens with one attached hydrogen (secondary N) is 1. The number of alkyl halides is 3. The first kappa shape index (κ1) is 26.5. The number of carbonyl (C=O) groups excluding carboxylic acids is 2. The van der Waals surface area contributed by atoms with Crippen molar-refractivity contribution in [2.75, 3.05) is 20.8 Å². The van der Waals surface area contributed by atoms with Crippen LogP contribution < -0.4 is 14.8 Å². The Balaban J connectivity index is 1.71. The summed E-state index contributed by atoms with van der Waals surface area (Å²) in [5, 5.41) is 2.86. The highest BCUT2D eigenvalue weighted by Crippen LogP contribution is 2.39. The van der Waals surface area contributed by atoms with Gasteiger partial charge in [-0.1, -0.05) is 18.2 Å². The number of halogens is 3. The van der Waals surface area contributed by atoms with Crippen LogP contribution in [-0.2, 0) is 9.53 Å². The van der Waals surface area contributed by atoms with Crippen molar-refractivity contribution in [1.29, 1.82) is 0 Å². The molecule has 6 nitrogen and oxygen atoms in total. The second-order valence-electron chi connectivity index (χ2n) is 7.78. The van der Waals surface area contributed by atoms with Gasteiger partial charge in [-0.3, -0.25) is 9.59 Å². The van der Waals surface area contributed by atoms with Gasteiger partial charge in [-0.05, 0) is 73.0 Å². The van der Waals surface area contributed by atoms with Gasteiger partial charge in [0.15, 0.2) is 11.5 Å². The minimum atomic E-state index is -4.39. The third-order valence-electron chi connectivity index (χ3n) is 5.52. The lowest BCUT2D eigenvalue weighted by Gasteiger charge is -2.23. The van der Waals surface area contributed by atoms with E-state index < -0.39 is 17.3 Å². The Morgan fingerprint density at radius 3 is 2.34 bits per heavy atom. The van der Waals surface area contributed by atoms with Crippen molar-refractivity contribution >= 4 is 23.6 Å². The van der Waals surface area contributed by atoms with Crippen LogP contribution >= 0.6 is 11.8 Å². The van der Waals surface area contributed by atoms with Gasteiger partial charge in [0.25, 0.3) is 5.91 Å². The number of amides is 1. The van der Waals surface area contributed by atoms with Crippen LogP contribution in [0.25, 0.3) is 0 Å². The molecule has 3 unspecified atom stereocenters. The molecule has 0 spiro atoms. The van der Waals surface area contributed by atoms with Gasteiger partial charge in [-0.15, -0.1) is 0 Å². The molecule has 0 radical (unpaired) electrons. The number of hydrogen-bond donors (Lipinski definition) is 1. The molecule has 3 rings (SSSR count). The van der Waals surface area contributed by atoms with Crippen molar-refractivity contribution in [3.8, 4) is 11.5 Å². The Hall–Kier alpha value is -3.14. The number of allylic oxidation sites excluding steroid dienone is 1. The van der Waals surface area contributed by atoms with E-state index in [2.05, 4.69) is 5.32 Å². The van der Waals surface area contributed by atoms with Crippen LogP contribution in [0.15, 0.2) is 59.5 Å². The minimum Gasteiger partial charge on any atom is -0.493 e. The first-order valence-electron chi connectivity index (χ1n) is 10.9. The monoisotopic (exact) mass is 509 g/mol. The van der Waals surface area contributed by atoms with Crippen molar-refractivity contribution in [3.05, 3.63) is 65.7 Å². The number of methoxy groups -OCH3 is 2. The first-order valence-corrected chi connectivity index (χ1v) is 11.7. The Labute approximate surface area is 205 Å². The maximum atomic E-state index is 12.9. The Morgan fingerprint density at radius 1 is 1.06 bits per heavy atom. The highest BCUT2D eigenvalue weighted by Gasteiger charge is 2.35. The molecule has 10 heteroatoms. The van der Waals surface area contributed by atoms with Crippen LogP contribution in [0.2, 0.25) is 0 Å². The minimum absolute atomic E-state index is 0.00192. The van der Waals surface area contributed by atoms with Gasteiger partial charge >= 0.3 is 11.5 Å². The zero-order valence-corrected chi connectivity index (χ0v) is 20.2. The lowest BCUT2D eigenvalue weighted by molar-refractivity contribution is -0.146. The molecule has 1 aliphatic carbocycles. The predicted octanol–water partition coefficient (Wildman–Crippen LogP) is 5.34.